The van der Waals surface area contributed by atoms with Gasteiger partial charge in [0.15, 0.2) is 5.82 Å². The van der Waals surface area contributed by atoms with Gasteiger partial charge in [-0.05, 0) is 32.6 Å². The van der Waals surface area contributed by atoms with E-state index in [9.17, 15) is 4.79 Å². The standard InChI is InChI=1S/C16H21N5O2/c1-10-13(18-9-17-10)6-14(22)21-7-12-4-3-5-16(12,8-21)15-19-11(2)20-23-15/h9,12H,3-8H2,1-2H3,(H,17,18)/t12-,16-/m0/s1. The molecule has 0 spiro atoms. The van der Waals surface area contributed by atoms with E-state index in [1.807, 2.05) is 18.7 Å². The molecule has 23 heavy (non-hydrogen) atoms. The van der Waals surface area contributed by atoms with Gasteiger partial charge in [-0.2, -0.15) is 4.98 Å². The maximum atomic E-state index is 12.7. The first kappa shape index (κ1) is 14.4. The largest absolute Gasteiger partial charge is 0.348 e. The highest BCUT2D eigenvalue weighted by atomic mass is 16.5. The number of aromatic nitrogens is 4. The molecule has 1 saturated heterocycles. The lowest BCUT2D eigenvalue weighted by Gasteiger charge is -2.24. The maximum absolute atomic E-state index is 12.7. The summed E-state index contributed by atoms with van der Waals surface area (Å²) >= 11 is 0. The molecule has 2 aliphatic rings. The van der Waals surface area contributed by atoms with Crippen LogP contribution in [0.2, 0.25) is 0 Å². The van der Waals surface area contributed by atoms with Crippen molar-refractivity contribution in [3.63, 3.8) is 0 Å². The Morgan fingerprint density at radius 1 is 1.52 bits per heavy atom. The van der Waals surface area contributed by atoms with Gasteiger partial charge in [-0.15, -0.1) is 0 Å². The summed E-state index contributed by atoms with van der Waals surface area (Å²) in [5, 5.41) is 3.96. The molecule has 1 aliphatic carbocycles. The van der Waals surface area contributed by atoms with Crippen molar-refractivity contribution in [2.45, 2.75) is 44.9 Å². The number of likely N-dealkylation sites (tertiary alicyclic amines) is 1. The molecule has 2 aromatic rings. The lowest BCUT2D eigenvalue weighted by atomic mass is 9.80. The van der Waals surface area contributed by atoms with Gasteiger partial charge in [0, 0.05) is 18.8 Å². The summed E-state index contributed by atoms with van der Waals surface area (Å²) in [7, 11) is 0. The first-order chi connectivity index (χ1) is 11.1. The third-order valence-corrected chi connectivity index (χ3v) is 5.43. The zero-order valence-electron chi connectivity index (χ0n) is 13.5. The monoisotopic (exact) mass is 315 g/mol. The molecule has 1 amide bonds. The number of fused-ring (bicyclic) bond motifs is 1. The molecular formula is C16H21N5O2. The van der Waals surface area contributed by atoms with E-state index in [0.29, 0.717) is 30.6 Å². The fraction of sp³-hybridized carbons (Fsp3) is 0.625. The lowest BCUT2D eigenvalue weighted by molar-refractivity contribution is -0.129. The van der Waals surface area contributed by atoms with Crippen molar-refractivity contribution in [2.24, 2.45) is 5.92 Å². The predicted octanol–water partition coefficient (Wildman–Crippen LogP) is 1.53. The average molecular weight is 315 g/mol. The molecule has 7 nitrogen and oxygen atoms in total. The van der Waals surface area contributed by atoms with Crippen molar-refractivity contribution in [3.8, 4) is 0 Å². The molecule has 0 bridgehead atoms. The molecule has 2 atom stereocenters. The predicted molar refractivity (Wildman–Crippen MR) is 81.7 cm³/mol. The van der Waals surface area contributed by atoms with Crippen LogP contribution >= 0.6 is 0 Å². The van der Waals surface area contributed by atoms with Gasteiger partial charge in [-0.25, -0.2) is 4.98 Å². The van der Waals surface area contributed by atoms with Crippen LogP contribution in [0, 0.1) is 19.8 Å². The zero-order valence-corrected chi connectivity index (χ0v) is 13.5. The Hall–Kier alpha value is -2.18. The van der Waals surface area contributed by atoms with Gasteiger partial charge in [0.05, 0.1) is 23.9 Å². The molecule has 0 unspecified atom stereocenters. The first-order valence-corrected chi connectivity index (χ1v) is 8.16. The number of hydrogen-bond acceptors (Lipinski definition) is 5. The third kappa shape index (κ3) is 2.26. The molecule has 7 heteroatoms. The smallest absolute Gasteiger partial charge is 0.234 e. The van der Waals surface area contributed by atoms with Crippen molar-refractivity contribution in [1.82, 2.24) is 25.0 Å². The second kappa shape index (κ2) is 5.18. The molecule has 1 aliphatic heterocycles. The van der Waals surface area contributed by atoms with E-state index in [2.05, 4.69) is 20.1 Å². The molecule has 3 heterocycles. The van der Waals surface area contributed by atoms with Crippen molar-refractivity contribution in [2.75, 3.05) is 13.1 Å². The maximum Gasteiger partial charge on any atom is 0.234 e. The van der Waals surface area contributed by atoms with Crippen LogP contribution in [0.3, 0.4) is 0 Å². The number of carbonyl (C=O) groups is 1. The van der Waals surface area contributed by atoms with Crippen LogP contribution in [0.5, 0.6) is 0 Å². The number of hydrogen-bond donors (Lipinski definition) is 1. The number of imidazole rings is 1. The number of nitrogens with one attached hydrogen (secondary N) is 1. The topological polar surface area (TPSA) is 87.9 Å². The molecule has 2 fully saturated rings. The van der Waals surface area contributed by atoms with Crippen LogP contribution < -0.4 is 0 Å². The summed E-state index contributed by atoms with van der Waals surface area (Å²) < 4.78 is 5.49. The minimum Gasteiger partial charge on any atom is -0.348 e. The number of rotatable bonds is 3. The molecule has 0 aromatic carbocycles. The minimum absolute atomic E-state index is 0.130. The van der Waals surface area contributed by atoms with Crippen molar-refractivity contribution >= 4 is 5.91 Å². The molecule has 122 valence electrons. The summed E-state index contributed by atoms with van der Waals surface area (Å²) in [4.78, 5) is 26.4. The van der Waals surface area contributed by atoms with Crippen molar-refractivity contribution in [3.05, 3.63) is 29.4 Å². The molecule has 1 saturated carbocycles. The molecular weight excluding hydrogens is 294 g/mol. The van der Waals surface area contributed by atoms with E-state index in [-0.39, 0.29) is 11.3 Å². The first-order valence-electron chi connectivity index (χ1n) is 8.16. The highest BCUT2D eigenvalue weighted by Crippen LogP contribution is 2.49. The van der Waals surface area contributed by atoms with Crippen LogP contribution in [0.25, 0.3) is 0 Å². The highest BCUT2D eigenvalue weighted by molar-refractivity contribution is 5.79. The molecule has 2 aromatic heterocycles. The fourth-order valence-electron chi connectivity index (χ4n) is 4.15. The van der Waals surface area contributed by atoms with Crippen LogP contribution in [-0.4, -0.2) is 44.0 Å². The Morgan fingerprint density at radius 2 is 2.39 bits per heavy atom. The normalized spacial score (nSPS) is 26.7. The average Bonchev–Trinajstić information content (AvgIpc) is 3.23. The van der Waals surface area contributed by atoms with E-state index in [1.54, 1.807) is 6.33 Å². The van der Waals surface area contributed by atoms with Crippen molar-refractivity contribution in [1.29, 1.82) is 0 Å². The van der Waals surface area contributed by atoms with Crippen molar-refractivity contribution < 1.29 is 9.32 Å². The minimum atomic E-state index is -0.141. The summed E-state index contributed by atoms with van der Waals surface area (Å²) in [6, 6.07) is 0. The van der Waals surface area contributed by atoms with Crippen LogP contribution in [0.15, 0.2) is 10.9 Å². The number of aryl methyl sites for hydroxylation is 2. The number of amides is 1. The number of carbonyl (C=O) groups excluding carboxylic acids is 1. The number of aromatic amines is 1. The molecule has 4 rings (SSSR count). The second-order valence-electron chi connectivity index (χ2n) is 6.82. The number of nitrogens with zero attached hydrogens (tertiary/aromatic N) is 4. The van der Waals surface area contributed by atoms with Gasteiger partial charge in [-0.1, -0.05) is 11.6 Å². The fourth-order valence-corrected chi connectivity index (χ4v) is 4.15. The second-order valence-corrected chi connectivity index (χ2v) is 6.82. The van der Waals surface area contributed by atoms with Gasteiger partial charge < -0.3 is 14.4 Å². The quantitative estimate of drug-likeness (QED) is 0.928. The summed E-state index contributed by atoms with van der Waals surface area (Å²) in [6.07, 6.45) is 5.28. The Balaban J connectivity index is 1.55. The molecule has 0 radical (unpaired) electrons. The summed E-state index contributed by atoms with van der Waals surface area (Å²) in [5.41, 5.74) is 1.65. The Labute approximate surface area is 134 Å². The van der Waals surface area contributed by atoms with Crippen LogP contribution in [0.4, 0.5) is 0 Å². The summed E-state index contributed by atoms with van der Waals surface area (Å²) in [5.74, 6) is 1.93. The van der Waals surface area contributed by atoms with Crippen LogP contribution in [0.1, 0.15) is 42.4 Å². The third-order valence-electron chi connectivity index (χ3n) is 5.43. The zero-order chi connectivity index (χ0) is 16.0. The molecule has 1 N–H and O–H groups in total. The van der Waals surface area contributed by atoms with Gasteiger partial charge in [0.25, 0.3) is 0 Å². The van der Waals surface area contributed by atoms with E-state index in [4.69, 9.17) is 4.52 Å². The van der Waals surface area contributed by atoms with Crippen LogP contribution in [-0.2, 0) is 16.6 Å². The van der Waals surface area contributed by atoms with Gasteiger partial charge in [0.2, 0.25) is 11.8 Å². The lowest BCUT2D eigenvalue weighted by Crippen LogP contribution is -2.35. The Morgan fingerprint density at radius 3 is 3.09 bits per heavy atom. The SMILES string of the molecule is Cc1noc([C@]23CCC[C@H]2CN(C(=O)Cc2nc[nH]c2C)C3)n1. The van der Waals surface area contributed by atoms with Gasteiger partial charge in [0.1, 0.15) is 0 Å². The van der Waals surface area contributed by atoms with E-state index in [0.717, 1.165) is 37.2 Å². The Kier molecular flexibility index (Phi) is 3.25. The van der Waals surface area contributed by atoms with E-state index < -0.39 is 0 Å². The Bertz CT molecular complexity index is 736. The van der Waals surface area contributed by atoms with Gasteiger partial charge in [-0.3, -0.25) is 4.79 Å². The summed E-state index contributed by atoms with van der Waals surface area (Å²) in [6.45, 7) is 5.24. The highest BCUT2D eigenvalue weighted by Gasteiger charge is 2.55. The van der Waals surface area contributed by atoms with E-state index in [1.165, 1.54) is 0 Å². The number of H-pyrrole nitrogens is 1. The van der Waals surface area contributed by atoms with Gasteiger partial charge >= 0.3 is 0 Å². The van der Waals surface area contributed by atoms with E-state index >= 15 is 0 Å².